The first-order valence-electron chi connectivity index (χ1n) is 7.73. The summed E-state index contributed by atoms with van der Waals surface area (Å²) >= 11 is 0. The molecule has 0 aliphatic heterocycles. The number of carbonyl (C=O) groups is 1. The Kier molecular flexibility index (Phi) is 8.86. The lowest BCUT2D eigenvalue weighted by molar-refractivity contribution is -0.120. The van der Waals surface area contributed by atoms with E-state index in [4.69, 9.17) is 0 Å². The van der Waals surface area contributed by atoms with Gasteiger partial charge in [0.1, 0.15) is 5.78 Å². The fourth-order valence-corrected chi connectivity index (χ4v) is 2.01. The molecule has 1 aliphatic rings. The molecule has 2 aromatic carbocycles. The Balaban J connectivity index is 0.000000157. The van der Waals surface area contributed by atoms with Gasteiger partial charge < -0.3 is 0 Å². The third kappa shape index (κ3) is 9.61. The lowest BCUT2D eigenvalue weighted by Crippen LogP contribution is -2.02. The van der Waals surface area contributed by atoms with Crippen LogP contribution in [0.3, 0.4) is 0 Å². The topological polar surface area (TPSA) is 17.1 Å². The van der Waals surface area contributed by atoms with Crippen molar-refractivity contribution in [1.82, 2.24) is 0 Å². The highest BCUT2D eigenvalue weighted by atomic mass is 16.1. The molecule has 2 aromatic rings. The molecule has 21 heavy (non-hydrogen) atoms. The Hall–Kier alpha value is -1.89. The van der Waals surface area contributed by atoms with Gasteiger partial charge in [-0.25, -0.2) is 0 Å². The normalized spacial score (nSPS) is 13.3. The largest absolute Gasteiger partial charge is 0.300 e. The average Bonchev–Trinajstić information content (AvgIpc) is 2.51. The van der Waals surface area contributed by atoms with Gasteiger partial charge in [0, 0.05) is 12.8 Å². The Morgan fingerprint density at radius 2 is 1.00 bits per heavy atom. The van der Waals surface area contributed by atoms with Crippen molar-refractivity contribution in [3.05, 3.63) is 71.8 Å². The third-order valence-electron chi connectivity index (χ3n) is 3.29. The van der Waals surface area contributed by atoms with Gasteiger partial charge >= 0.3 is 0 Å². The number of hydrogen-bond acceptors (Lipinski definition) is 1. The SMILES string of the molecule is Cc1ccccc1.Cc1ccccc1.O=C1CCCCC1. The second-order valence-electron chi connectivity index (χ2n) is 5.41. The molecule has 1 fully saturated rings. The van der Waals surface area contributed by atoms with E-state index in [1.165, 1.54) is 17.5 Å². The second kappa shape index (κ2) is 10.8. The zero-order valence-corrected chi connectivity index (χ0v) is 13.2. The number of ketones is 1. The molecule has 1 saturated carbocycles. The molecular weight excluding hydrogens is 256 g/mol. The van der Waals surface area contributed by atoms with Crippen LogP contribution in [-0.2, 0) is 4.79 Å². The van der Waals surface area contributed by atoms with Crippen molar-refractivity contribution >= 4 is 5.78 Å². The second-order valence-corrected chi connectivity index (χ2v) is 5.41. The lowest BCUT2D eigenvalue weighted by Gasteiger charge is -2.05. The van der Waals surface area contributed by atoms with E-state index in [2.05, 4.69) is 38.1 Å². The van der Waals surface area contributed by atoms with Gasteiger partial charge in [0.25, 0.3) is 0 Å². The lowest BCUT2D eigenvalue weighted by atomic mass is 10.00. The molecule has 112 valence electrons. The van der Waals surface area contributed by atoms with Crippen LogP contribution in [0.2, 0.25) is 0 Å². The molecule has 0 atom stereocenters. The summed E-state index contributed by atoms with van der Waals surface area (Å²) in [7, 11) is 0. The Bertz CT molecular complexity index is 442. The van der Waals surface area contributed by atoms with Crippen LogP contribution in [0.15, 0.2) is 60.7 Å². The first-order chi connectivity index (χ1) is 10.2. The Morgan fingerprint density at radius 1 is 0.619 bits per heavy atom. The first-order valence-corrected chi connectivity index (χ1v) is 7.73. The molecular formula is C20H26O. The van der Waals surface area contributed by atoms with E-state index < -0.39 is 0 Å². The van der Waals surface area contributed by atoms with Gasteiger partial charge in [-0.3, -0.25) is 4.79 Å². The molecule has 0 spiro atoms. The number of aryl methyl sites for hydroxylation is 2. The fraction of sp³-hybridized carbons (Fsp3) is 0.350. The molecule has 0 heterocycles. The van der Waals surface area contributed by atoms with Crippen molar-refractivity contribution in [1.29, 1.82) is 0 Å². The van der Waals surface area contributed by atoms with Crippen molar-refractivity contribution in [3.63, 3.8) is 0 Å². The van der Waals surface area contributed by atoms with Crippen LogP contribution in [0.1, 0.15) is 43.2 Å². The van der Waals surface area contributed by atoms with Gasteiger partial charge in [-0.2, -0.15) is 0 Å². The van der Waals surface area contributed by atoms with Gasteiger partial charge in [0.05, 0.1) is 0 Å². The van der Waals surface area contributed by atoms with Crippen LogP contribution in [0.25, 0.3) is 0 Å². The molecule has 0 amide bonds. The van der Waals surface area contributed by atoms with E-state index in [1.54, 1.807) is 0 Å². The van der Waals surface area contributed by atoms with Gasteiger partial charge in [0.2, 0.25) is 0 Å². The quantitative estimate of drug-likeness (QED) is 0.622. The molecule has 3 rings (SSSR count). The molecule has 0 aromatic heterocycles. The minimum Gasteiger partial charge on any atom is -0.300 e. The summed E-state index contributed by atoms with van der Waals surface area (Å²) in [5.74, 6) is 0.464. The fourth-order valence-electron chi connectivity index (χ4n) is 2.01. The maximum absolute atomic E-state index is 10.5. The van der Waals surface area contributed by atoms with E-state index in [0.717, 1.165) is 25.7 Å². The molecule has 1 heteroatoms. The Morgan fingerprint density at radius 3 is 1.19 bits per heavy atom. The zero-order chi connectivity index (χ0) is 15.3. The highest BCUT2D eigenvalue weighted by Gasteiger charge is 2.05. The van der Waals surface area contributed by atoms with Crippen molar-refractivity contribution in [3.8, 4) is 0 Å². The zero-order valence-electron chi connectivity index (χ0n) is 13.2. The molecule has 0 radical (unpaired) electrons. The molecule has 1 nitrogen and oxygen atoms in total. The maximum atomic E-state index is 10.5. The van der Waals surface area contributed by atoms with Crippen molar-refractivity contribution in [2.75, 3.05) is 0 Å². The molecule has 0 N–H and O–H groups in total. The summed E-state index contributed by atoms with van der Waals surface area (Å²) in [5, 5.41) is 0. The van der Waals surface area contributed by atoms with Crippen LogP contribution < -0.4 is 0 Å². The van der Waals surface area contributed by atoms with E-state index in [1.807, 2.05) is 36.4 Å². The summed E-state index contributed by atoms with van der Waals surface area (Å²) in [6.07, 6.45) is 5.24. The summed E-state index contributed by atoms with van der Waals surface area (Å²) in [5.41, 5.74) is 2.64. The van der Waals surface area contributed by atoms with E-state index in [-0.39, 0.29) is 0 Å². The average molecular weight is 282 g/mol. The van der Waals surface area contributed by atoms with Crippen LogP contribution in [0.4, 0.5) is 0 Å². The van der Waals surface area contributed by atoms with Crippen LogP contribution >= 0.6 is 0 Å². The predicted molar refractivity (Wildman–Crippen MR) is 90.5 cm³/mol. The summed E-state index contributed by atoms with van der Waals surface area (Å²) < 4.78 is 0. The molecule has 1 aliphatic carbocycles. The van der Waals surface area contributed by atoms with E-state index >= 15 is 0 Å². The van der Waals surface area contributed by atoms with E-state index in [9.17, 15) is 4.79 Å². The maximum Gasteiger partial charge on any atom is 0.132 e. The highest BCUT2D eigenvalue weighted by Crippen LogP contribution is 2.12. The molecule has 0 saturated heterocycles. The number of hydrogen-bond donors (Lipinski definition) is 0. The van der Waals surface area contributed by atoms with E-state index in [0.29, 0.717) is 5.78 Å². The number of carbonyl (C=O) groups excluding carboxylic acids is 1. The van der Waals surface area contributed by atoms with Crippen LogP contribution in [0, 0.1) is 13.8 Å². The summed E-state index contributed by atoms with van der Waals surface area (Å²) in [4.78, 5) is 10.5. The van der Waals surface area contributed by atoms with Crippen LogP contribution in [-0.4, -0.2) is 5.78 Å². The van der Waals surface area contributed by atoms with Crippen molar-refractivity contribution in [2.24, 2.45) is 0 Å². The monoisotopic (exact) mass is 282 g/mol. The minimum atomic E-state index is 0.464. The summed E-state index contributed by atoms with van der Waals surface area (Å²) in [6.45, 7) is 4.17. The number of rotatable bonds is 0. The molecule has 0 bridgehead atoms. The van der Waals surface area contributed by atoms with Gasteiger partial charge in [-0.1, -0.05) is 78.2 Å². The van der Waals surface area contributed by atoms with Crippen molar-refractivity contribution < 1.29 is 4.79 Å². The van der Waals surface area contributed by atoms with Crippen molar-refractivity contribution in [2.45, 2.75) is 46.0 Å². The van der Waals surface area contributed by atoms with Gasteiger partial charge in [-0.15, -0.1) is 0 Å². The first kappa shape index (κ1) is 17.2. The minimum absolute atomic E-state index is 0.464. The summed E-state index contributed by atoms with van der Waals surface area (Å²) in [6, 6.07) is 20.5. The van der Waals surface area contributed by atoms with Crippen LogP contribution in [0.5, 0.6) is 0 Å². The number of benzene rings is 2. The standard InChI is InChI=1S/2C7H8.C6H10O/c2*1-7-5-3-2-4-6-7;7-6-4-2-1-3-5-6/h2*2-6H,1H3;1-5H2. The predicted octanol–water partition coefficient (Wildman–Crippen LogP) is 5.51. The third-order valence-corrected chi connectivity index (χ3v) is 3.29. The Labute approximate surface area is 129 Å². The smallest absolute Gasteiger partial charge is 0.132 e. The van der Waals surface area contributed by atoms with Gasteiger partial charge in [0.15, 0.2) is 0 Å². The number of Topliss-reactive ketones (excluding diaryl/α,β-unsaturated/α-hetero) is 1. The highest BCUT2D eigenvalue weighted by molar-refractivity contribution is 5.78. The molecule has 0 unspecified atom stereocenters. The van der Waals surface area contributed by atoms with Gasteiger partial charge in [-0.05, 0) is 26.7 Å².